The lowest BCUT2D eigenvalue weighted by atomic mass is 10.2. The van der Waals surface area contributed by atoms with Crippen LogP contribution in [-0.2, 0) is 0 Å². The summed E-state index contributed by atoms with van der Waals surface area (Å²) in [6.45, 7) is 1.33. The minimum atomic E-state index is -0.554. The zero-order valence-corrected chi connectivity index (χ0v) is 10.8. The van der Waals surface area contributed by atoms with E-state index in [4.69, 9.17) is 11.6 Å². The van der Waals surface area contributed by atoms with Crippen molar-refractivity contribution in [3.63, 3.8) is 0 Å². The summed E-state index contributed by atoms with van der Waals surface area (Å²) in [5, 5.41) is -0.0921. The molecule has 0 aromatic heterocycles. The van der Waals surface area contributed by atoms with Crippen molar-refractivity contribution in [3.05, 3.63) is 34.6 Å². The lowest BCUT2D eigenvalue weighted by Gasteiger charge is -2.16. The van der Waals surface area contributed by atoms with E-state index in [0.717, 1.165) is 6.42 Å². The molecule has 1 aromatic carbocycles. The molecule has 1 unspecified atom stereocenters. The quantitative estimate of drug-likeness (QED) is 0.730. The lowest BCUT2D eigenvalue weighted by molar-refractivity contribution is 0.0793. The van der Waals surface area contributed by atoms with Crippen LogP contribution < -0.4 is 0 Å². The van der Waals surface area contributed by atoms with Crippen molar-refractivity contribution in [1.82, 2.24) is 4.90 Å². The Hall–Kier alpha value is -0.610. The molecule has 0 N–H and O–H groups in total. The molecule has 0 spiro atoms. The molecule has 0 bridgehead atoms. The fraction of sp³-hybridized carbons (Fsp3) is 0.364. The van der Waals surface area contributed by atoms with E-state index in [9.17, 15) is 9.18 Å². The molecule has 1 fully saturated rings. The van der Waals surface area contributed by atoms with E-state index in [2.05, 4.69) is 15.9 Å². The number of likely N-dealkylation sites (tertiary alicyclic amines) is 1. The first kappa shape index (κ1) is 11.9. The van der Waals surface area contributed by atoms with Gasteiger partial charge in [-0.15, -0.1) is 0 Å². The van der Waals surface area contributed by atoms with Gasteiger partial charge in [-0.1, -0.05) is 33.6 Å². The smallest absolute Gasteiger partial charge is 0.255 e. The van der Waals surface area contributed by atoms with Gasteiger partial charge in [-0.3, -0.25) is 4.79 Å². The zero-order valence-electron chi connectivity index (χ0n) is 8.42. The molecule has 5 heteroatoms. The highest BCUT2D eigenvalue weighted by atomic mass is 79.9. The monoisotopic (exact) mass is 305 g/mol. The van der Waals surface area contributed by atoms with Gasteiger partial charge in [0.25, 0.3) is 5.91 Å². The second-order valence-corrected chi connectivity index (χ2v) is 5.41. The van der Waals surface area contributed by atoms with Gasteiger partial charge in [0.2, 0.25) is 0 Å². The van der Waals surface area contributed by atoms with Gasteiger partial charge in [-0.2, -0.15) is 0 Å². The van der Waals surface area contributed by atoms with E-state index >= 15 is 0 Å². The van der Waals surface area contributed by atoms with E-state index in [1.54, 1.807) is 11.0 Å². The highest BCUT2D eigenvalue weighted by Gasteiger charge is 2.26. The van der Waals surface area contributed by atoms with Gasteiger partial charge >= 0.3 is 0 Å². The van der Waals surface area contributed by atoms with Crippen LogP contribution in [0.25, 0.3) is 0 Å². The van der Waals surface area contributed by atoms with E-state index < -0.39 is 5.82 Å². The molecule has 1 heterocycles. The molecule has 1 aliphatic heterocycles. The molecule has 2 rings (SSSR count). The van der Waals surface area contributed by atoms with Crippen molar-refractivity contribution in [1.29, 1.82) is 0 Å². The number of hydrogen-bond donors (Lipinski definition) is 0. The van der Waals surface area contributed by atoms with Gasteiger partial charge in [0.1, 0.15) is 5.82 Å². The molecule has 1 aliphatic rings. The number of hydrogen-bond acceptors (Lipinski definition) is 1. The summed E-state index contributed by atoms with van der Waals surface area (Å²) in [5.41, 5.74) is 0.239. The third-order valence-electron chi connectivity index (χ3n) is 2.60. The highest BCUT2D eigenvalue weighted by molar-refractivity contribution is 9.09. The van der Waals surface area contributed by atoms with Gasteiger partial charge in [0, 0.05) is 17.9 Å². The summed E-state index contributed by atoms with van der Waals surface area (Å²) in [6, 6.07) is 4.29. The summed E-state index contributed by atoms with van der Waals surface area (Å²) >= 11 is 9.22. The number of rotatable bonds is 1. The second kappa shape index (κ2) is 4.72. The van der Waals surface area contributed by atoms with Gasteiger partial charge < -0.3 is 4.90 Å². The molecular formula is C11H10BrClFNO. The van der Waals surface area contributed by atoms with Crippen LogP contribution in [0.5, 0.6) is 0 Å². The Morgan fingerprint density at radius 1 is 1.56 bits per heavy atom. The average molecular weight is 307 g/mol. The summed E-state index contributed by atoms with van der Waals surface area (Å²) in [5.74, 6) is -0.756. The molecular weight excluding hydrogens is 296 g/mol. The molecule has 0 saturated carbocycles. The van der Waals surface area contributed by atoms with E-state index in [-0.39, 0.29) is 16.5 Å². The Labute approximate surface area is 107 Å². The number of amides is 1. The van der Waals surface area contributed by atoms with Gasteiger partial charge in [-0.05, 0) is 18.6 Å². The Balaban J connectivity index is 2.24. The zero-order chi connectivity index (χ0) is 11.7. The third-order valence-corrected chi connectivity index (χ3v) is 3.73. The molecule has 0 radical (unpaired) electrons. The minimum absolute atomic E-state index is 0.0921. The largest absolute Gasteiger partial charge is 0.337 e. The highest BCUT2D eigenvalue weighted by Crippen LogP contribution is 2.24. The standard InChI is InChI=1S/C11H10BrClFNO/c12-7-4-5-15(6-7)11(16)8-2-1-3-9(14)10(8)13/h1-3,7H,4-6H2. The van der Waals surface area contributed by atoms with Crippen LogP contribution in [0.15, 0.2) is 18.2 Å². The van der Waals surface area contributed by atoms with E-state index in [0.29, 0.717) is 17.9 Å². The van der Waals surface area contributed by atoms with Gasteiger partial charge in [0.15, 0.2) is 0 Å². The van der Waals surface area contributed by atoms with Crippen molar-refractivity contribution in [2.75, 3.05) is 13.1 Å². The van der Waals surface area contributed by atoms with Crippen molar-refractivity contribution in [2.24, 2.45) is 0 Å². The molecule has 2 nitrogen and oxygen atoms in total. The molecule has 0 aliphatic carbocycles. The first-order valence-corrected chi connectivity index (χ1v) is 6.26. The Kier molecular flexibility index (Phi) is 3.50. The Morgan fingerprint density at radius 3 is 2.94 bits per heavy atom. The molecule has 1 aromatic rings. The van der Waals surface area contributed by atoms with Gasteiger partial charge in [0.05, 0.1) is 10.6 Å². The number of alkyl halides is 1. The first-order valence-electron chi connectivity index (χ1n) is 4.97. The van der Waals surface area contributed by atoms with Crippen LogP contribution >= 0.6 is 27.5 Å². The predicted molar refractivity (Wildman–Crippen MR) is 64.6 cm³/mol. The lowest BCUT2D eigenvalue weighted by Crippen LogP contribution is -2.29. The minimum Gasteiger partial charge on any atom is -0.337 e. The summed E-state index contributed by atoms with van der Waals surface area (Å²) in [7, 11) is 0. The molecule has 1 atom stereocenters. The number of carbonyl (C=O) groups is 1. The van der Waals surface area contributed by atoms with Crippen LogP contribution in [0.3, 0.4) is 0 Å². The van der Waals surface area contributed by atoms with Crippen molar-refractivity contribution < 1.29 is 9.18 Å². The number of benzene rings is 1. The van der Waals surface area contributed by atoms with Crippen molar-refractivity contribution in [2.45, 2.75) is 11.2 Å². The average Bonchev–Trinajstić information content (AvgIpc) is 2.68. The first-order chi connectivity index (χ1) is 7.59. The summed E-state index contributed by atoms with van der Waals surface area (Å²) in [6.07, 6.45) is 0.915. The van der Waals surface area contributed by atoms with Crippen LogP contribution in [0.4, 0.5) is 4.39 Å². The van der Waals surface area contributed by atoms with Crippen LogP contribution in [0, 0.1) is 5.82 Å². The fourth-order valence-corrected chi connectivity index (χ4v) is 2.50. The van der Waals surface area contributed by atoms with Crippen LogP contribution in [0.1, 0.15) is 16.8 Å². The maximum Gasteiger partial charge on any atom is 0.255 e. The van der Waals surface area contributed by atoms with Crippen molar-refractivity contribution in [3.8, 4) is 0 Å². The SMILES string of the molecule is O=C(c1cccc(F)c1Cl)N1CCC(Br)C1. The molecule has 1 amide bonds. The topological polar surface area (TPSA) is 20.3 Å². The molecule has 86 valence electrons. The van der Waals surface area contributed by atoms with E-state index in [1.165, 1.54) is 12.1 Å². The summed E-state index contributed by atoms with van der Waals surface area (Å²) in [4.78, 5) is 14.0. The predicted octanol–water partition coefficient (Wildman–Crippen LogP) is 3.09. The fourth-order valence-electron chi connectivity index (χ4n) is 1.74. The summed E-state index contributed by atoms with van der Waals surface area (Å²) < 4.78 is 13.2. The number of halogens is 3. The van der Waals surface area contributed by atoms with Crippen molar-refractivity contribution >= 4 is 33.4 Å². The molecule has 1 saturated heterocycles. The number of nitrogens with zero attached hydrogens (tertiary/aromatic N) is 1. The Morgan fingerprint density at radius 2 is 2.31 bits per heavy atom. The number of carbonyl (C=O) groups excluding carboxylic acids is 1. The maximum absolute atomic E-state index is 13.2. The third kappa shape index (κ3) is 2.23. The molecule has 16 heavy (non-hydrogen) atoms. The van der Waals surface area contributed by atoms with E-state index in [1.807, 2.05) is 0 Å². The van der Waals surface area contributed by atoms with Crippen LogP contribution in [0.2, 0.25) is 5.02 Å². The second-order valence-electron chi connectivity index (χ2n) is 3.74. The van der Waals surface area contributed by atoms with Gasteiger partial charge in [-0.25, -0.2) is 4.39 Å². The Bertz CT molecular complexity index is 426. The maximum atomic E-state index is 13.2. The normalized spacial score (nSPS) is 20.2. The van der Waals surface area contributed by atoms with Crippen LogP contribution in [-0.4, -0.2) is 28.7 Å².